The van der Waals surface area contributed by atoms with Crippen molar-refractivity contribution in [3.8, 4) is 0 Å². The predicted molar refractivity (Wildman–Crippen MR) is 65.1 cm³/mol. The number of anilines is 1. The second-order valence-electron chi connectivity index (χ2n) is 3.59. The van der Waals surface area contributed by atoms with Gasteiger partial charge in [-0.3, -0.25) is 9.48 Å². The van der Waals surface area contributed by atoms with Crippen molar-refractivity contribution in [1.82, 2.24) is 14.8 Å². The van der Waals surface area contributed by atoms with Gasteiger partial charge in [0, 0.05) is 19.3 Å². The van der Waals surface area contributed by atoms with Gasteiger partial charge in [0.15, 0.2) is 0 Å². The van der Waals surface area contributed by atoms with E-state index in [0.29, 0.717) is 11.4 Å². The van der Waals surface area contributed by atoms with Crippen molar-refractivity contribution in [2.24, 2.45) is 7.05 Å². The maximum absolute atomic E-state index is 11.9. The summed E-state index contributed by atoms with van der Waals surface area (Å²) in [5.74, 6) is 0.318. The van der Waals surface area contributed by atoms with Gasteiger partial charge >= 0.3 is 0 Å². The van der Waals surface area contributed by atoms with Crippen molar-refractivity contribution < 1.29 is 4.79 Å². The summed E-state index contributed by atoms with van der Waals surface area (Å²) in [6.45, 7) is 1.85. The van der Waals surface area contributed by atoms with Gasteiger partial charge in [-0.15, -0.1) is 0 Å². The molecular weight excluding hydrogens is 240 g/mol. The maximum Gasteiger partial charge on any atom is 0.259 e. The standard InChI is InChI=1S/C11H11ClN4O/c1-7-6-9(16(2)15-7)14-11(17)8-4-3-5-13-10(8)12/h3-6H,1-2H3,(H,14,17). The SMILES string of the molecule is Cc1cc(NC(=O)c2cccnc2Cl)n(C)n1. The first kappa shape index (κ1) is 11.6. The number of nitrogens with zero attached hydrogens (tertiary/aromatic N) is 3. The summed E-state index contributed by atoms with van der Waals surface area (Å²) in [5.41, 5.74) is 1.17. The zero-order valence-corrected chi connectivity index (χ0v) is 10.2. The third-order valence-electron chi connectivity index (χ3n) is 2.25. The fourth-order valence-corrected chi connectivity index (χ4v) is 1.67. The molecule has 6 heteroatoms. The molecule has 0 aromatic carbocycles. The van der Waals surface area contributed by atoms with Crippen molar-refractivity contribution in [3.63, 3.8) is 0 Å². The molecule has 0 aliphatic rings. The van der Waals surface area contributed by atoms with Gasteiger partial charge in [-0.25, -0.2) is 4.98 Å². The van der Waals surface area contributed by atoms with Gasteiger partial charge in [0.25, 0.3) is 5.91 Å². The Morgan fingerprint density at radius 3 is 2.88 bits per heavy atom. The van der Waals surface area contributed by atoms with Gasteiger partial charge in [-0.05, 0) is 19.1 Å². The van der Waals surface area contributed by atoms with E-state index in [2.05, 4.69) is 15.4 Å². The lowest BCUT2D eigenvalue weighted by Gasteiger charge is -2.05. The summed E-state index contributed by atoms with van der Waals surface area (Å²) < 4.78 is 1.59. The van der Waals surface area contributed by atoms with Gasteiger partial charge < -0.3 is 5.32 Å². The van der Waals surface area contributed by atoms with Crippen LogP contribution in [0.2, 0.25) is 5.15 Å². The lowest BCUT2D eigenvalue weighted by Crippen LogP contribution is -2.15. The van der Waals surface area contributed by atoms with Crippen LogP contribution in [0.25, 0.3) is 0 Å². The molecule has 1 amide bonds. The second-order valence-corrected chi connectivity index (χ2v) is 3.95. The number of pyridine rings is 1. The molecular formula is C11H11ClN4O. The van der Waals surface area contributed by atoms with E-state index >= 15 is 0 Å². The first-order chi connectivity index (χ1) is 8.08. The van der Waals surface area contributed by atoms with Crippen LogP contribution in [0.4, 0.5) is 5.82 Å². The second kappa shape index (κ2) is 4.55. The lowest BCUT2D eigenvalue weighted by atomic mass is 10.2. The van der Waals surface area contributed by atoms with E-state index < -0.39 is 0 Å². The molecule has 17 heavy (non-hydrogen) atoms. The average molecular weight is 251 g/mol. The first-order valence-electron chi connectivity index (χ1n) is 5.00. The van der Waals surface area contributed by atoms with Crippen LogP contribution in [0, 0.1) is 6.92 Å². The smallest absolute Gasteiger partial charge is 0.259 e. The third-order valence-corrected chi connectivity index (χ3v) is 2.55. The number of carbonyl (C=O) groups excluding carboxylic acids is 1. The monoisotopic (exact) mass is 250 g/mol. The van der Waals surface area contributed by atoms with Gasteiger partial charge in [0.1, 0.15) is 11.0 Å². The number of rotatable bonds is 2. The highest BCUT2D eigenvalue weighted by molar-refractivity contribution is 6.33. The number of carbonyl (C=O) groups is 1. The van der Waals surface area contributed by atoms with Crippen LogP contribution in [0.15, 0.2) is 24.4 Å². The van der Waals surface area contributed by atoms with E-state index in [1.54, 1.807) is 29.9 Å². The van der Waals surface area contributed by atoms with Crippen molar-refractivity contribution in [1.29, 1.82) is 0 Å². The minimum atomic E-state index is -0.300. The van der Waals surface area contributed by atoms with Crippen LogP contribution in [-0.4, -0.2) is 20.7 Å². The minimum absolute atomic E-state index is 0.184. The van der Waals surface area contributed by atoms with Crippen LogP contribution in [0.3, 0.4) is 0 Å². The maximum atomic E-state index is 11.9. The minimum Gasteiger partial charge on any atom is -0.307 e. The molecule has 0 atom stereocenters. The molecule has 0 radical (unpaired) electrons. The van der Waals surface area contributed by atoms with Crippen LogP contribution >= 0.6 is 11.6 Å². The fourth-order valence-electron chi connectivity index (χ4n) is 1.47. The molecule has 88 valence electrons. The molecule has 0 unspecified atom stereocenters. The molecule has 1 N–H and O–H groups in total. The molecule has 0 saturated heterocycles. The zero-order valence-electron chi connectivity index (χ0n) is 9.44. The van der Waals surface area contributed by atoms with Gasteiger partial charge in [-0.2, -0.15) is 5.10 Å². The topological polar surface area (TPSA) is 59.8 Å². The summed E-state index contributed by atoms with van der Waals surface area (Å²) in [5, 5.41) is 7.04. The van der Waals surface area contributed by atoms with E-state index in [9.17, 15) is 4.79 Å². The molecule has 2 aromatic rings. The predicted octanol–water partition coefficient (Wildman–Crippen LogP) is 2.03. The molecule has 0 saturated carbocycles. The third kappa shape index (κ3) is 2.45. The Hall–Kier alpha value is -1.88. The number of amides is 1. The highest BCUT2D eigenvalue weighted by atomic mass is 35.5. The summed E-state index contributed by atoms with van der Waals surface area (Å²) in [6.07, 6.45) is 1.54. The number of aryl methyl sites for hydroxylation is 2. The van der Waals surface area contributed by atoms with E-state index in [1.165, 1.54) is 6.20 Å². The van der Waals surface area contributed by atoms with E-state index in [0.717, 1.165) is 5.69 Å². The summed E-state index contributed by atoms with van der Waals surface area (Å²) >= 11 is 5.84. The molecule has 0 aliphatic carbocycles. The van der Waals surface area contributed by atoms with Gasteiger partial charge in [0.2, 0.25) is 0 Å². The van der Waals surface area contributed by atoms with Crippen molar-refractivity contribution in [2.45, 2.75) is 6.92 Å². The van der Waals surface area contributed by atoms with Crippen LogP contribution in [0.1, 0.15) is 16.1 Å². The number of nitrogens with one attached hydrogen (secondary N) is 1. The Balaban J connectivity index is 2.23. The highest BCUT2D eigenvalue weighted by Gasteiger charge is 2.12. The van der Waals surface area contributed by atoms with E-state index in [4.69, 9.17) is 11.6 Å². The summed E-state index contributed by atoms with van der Waals surface area (Å²) in [7, 11) is 1.76. The van der Waals surface area contributed by atoms with E-state index in [1.807, 2.05) is 6.92 Å². The summed E-state index contributed by atoms with van der Waals surface area (Å²) in [4.78, 5) is 15.8. The van der Waals surface area contributed by atoms with Crippen LogP contribution in [0.5, 0.6) is 0 Å². The molecule has 0 spiro atoms. The Morgan fingerprint density at radius 1 is 1.53 bits per heavy atom. The average Bonchev–Trinajstić information content (AvgIpc) is 2.58. The Kier molecular flexibility index (Phi) is 3.10. The zero-order chi connectivity index (χ0) is 12.4. The van der Waals surface area contributed by atoms with Crippen molar-refractivity contribution in [3.05, 3.63) is 40.8 Å². The number of aromatic nitrogens is 3. The number of hydrogen-bond acceptors (Lipinski definition) is 3. The first-order valence-corrected chi connectivity index (χ1v) is 5.38. The van der Waals surface area contributed by atoms with Crippen molar-refractivity contribution >= 4 is 23.3 Å². The normalized spacial score (nSPS) is 10.3. The Bertz CT molecular complexity index is 564. The van der Waals surface area contributed by atoms with Crippen LogP contribution < -0.4 is 5.32 Å². The molecule has 2 heterocycles. The molecule has 0 aliphatic heterocycles. The summed E-state index contributed by atoms with van der Waals surface area (Å²) in [6, 6.07) is 5.06. The molecule has 2 rings (SSSR count). The quantitative estimate of drug-likeness (QED) is 0.830. The van der Waals surface area contributed by atoms with E-state index in [-0.39, 0.29) is 11.1 Å². The highest BCUT2D eigenvalue weighted by Crippen LogP contribution is 2.15. The van der Waals surface area contributed by atoms with Gasteiger partial charge in [-0.1, -0.05) is 11.6 Å². The number of hydrogen-bond donors (Lipinski definition) is 1. The fraction of sp³-hybridized carbons (Fsp3) is 0.182. The molecule has 0 fully saturated rings. The molecule has 0 bridgehead atoms. The number of halogens is 1. The van der Waals surface area contributed by atoms with Crippen LogP contribution in [-0.2, 0) is 7.05 Å². The molecule has 2 aromatic heterocycles. The van der Waals surface area contributed by atoms with Gasteiger partial charge in [0.05, 0.1) is 11.3 Å². The van der Waals surface area contributed by atoms with Crippen molar-refractivity contribution in [2.75, 3.05) is 5.32 Å². The molecule has 5 nitrogen and oxygen atoms in total. The largest absolute Gasteiger partial charge is 0.307 e. The Morgan fingerprint density at radius 2 is 2.29 bits per heavy atom. The Labute approximate surface area is 103 Å². The lowest BCUT2D eigenvalue weighted by molar-refractivity contribution is 0.102.